The first-order valence-corrected chi connectivity index (χ1v) is 8.85. The van der Waals surface area contributed by atoms with Gasteiger partial charge >= 0.3 is 0 Å². The fourth-order valence-corrected chi connectivity index (χ4v) is 2.97. The molecule has 9 heteroatoms. The molecule has 0 saturated heterocycles. The van der Waals surface area contributed by atoms with Crippen LogP contribution in [0.3, 0.4) is 0 Å². The number of amides is 1. The maximum absolute atomic E-state index is 13.0. The van der Waals surface area contributed by atoms with E-state index in [1.165, 1.54) is 25.4 Å². The van der Waals surface area contributed by atoms with E-state index in [1.54, 1.807) is 12.1 Å². The van der Waals surface area contributed by atoms with Crippen molar-refractivity contribution < 1.29 is 22.3 Å². The van der Waals surface area contributed by atoms with Crippen molar-refractivity contribution in [2.75, 3.05) is 7.11 Å². The van der Waals surface area contributed by atoms with Crippen LogP contribution in [-0.4, -0.2) is 26.4 Å². The molecule has 2 aromatic rings. The number of nitrogens with one attached hydrogen (secondary N) is 1. The number of sulfonamides is 1. The van der Waals surface area contributed by atoms with Crippen molar-refractivity contribution in [3.05, 3.63) is 63.4 Å². The molecule has 2 rings (SSSR count). The Morgan fingerprint density at radius 2 is 2.08 bits per heavy atom. The molecule has 1 aromatic carbocycles. The van der Waals surface area contributed by atoms with Crippen molar-refractivity contribution in [2.24, 2.45) is 0 Å². The van der Waals surface area contributed by atoms with Crippen molar-refractivity contribution >= 4 is 37.9 Å². The Morgan fingerprint density at radius 3 is 2.67 bits per heavy atom. The van der Waals surface area contributed by atoms with Crippen LogP contribution in [0.2, 0.25) is 0 Å². The Balaban J connectivity index is 2.12. The smallest absolute Gasteiger partial charge is 0.266 e. The number of ether oxygens (including phenoxy) is 1. The molecule has 1 heterocycles. The standard InChI is InChI=1S/C15H12BrFN2O4S/c1-23-14-5-2-10(9-18-14)6-7-24(21,22)19-15(20)12-4-3-11(17)8-13(12)16/h2-9H,1H3,(H,19,20)/b7-6+. The summed E-state index contributed by atoms with van der Waals surface area (Å²) in [6.07, 6.45) is 2.70. The van der Waals surface area contributed by atoms with Crippen LogP contribution in [0.4, 0.5) is 4.39 Å². The van der Waals surface area contributed by atoms with Crippen LogP contribution in [0.5, 0.6) is 5.88 Å². The van der Waals surface area contributed by atoms with Crippen LogP contribution in [0.15, 0.2) is 46.4 Å². The number of hydrogen-bond acceptors (Lipinski definition) is 5. The topological polar surface area (TPSA) is 85.4 Å². The third kappa shape index (κ3) is 4.87. The highest BCUT2D eigenvalue weighted by atomic mass is 79.9. The predicted octanol–water partition coefficient (Wildman–Crippen LogP) is 2.72. The molecule has 0 atom stereocenters. The van der Waals surface area contributed by atoms with Crippen molar-refractivity contribution in [1.29, 1.82) is 0 Å². The maximum atomic E-state index is 13.0. The van der Waals surface area contributed by atoms with Gasteiger partial charge in [-0.15, -0.1) is 0 Å². The lowest BCUT2D eigenvalue weighted by molar-refractivity contribution is 0.0981. The number of carbonyl (C=O) groups is 1. The van der Waals surface area contributed by atoms with E-state index in [1.807, 2.05) is 4.72 Å². The van der Waals surface area contributed by atoms with Crippen LogP contribution in [-0.2, 0) is 10.0 Å². The number of halogens is 2. The first-order valence-electron chi connectivity index (χ1n) is 6.51. The maximum Gasteiger partial charge on any atom is 0.266 e. The van der Waals surface area contributed by atoms with Gasteiger partial charge in [0.25, 0.3) is 15.9 Å². The van der Waals surface area contributed by atoms with Gasteiger partial charge in [0.15, 0.2) is 0 Å². The van der Waals surface area contributed by atoms with Crippen molar-refractivity contribution in [1.82, 2.24) is 9.71 Å². The first-order chi connectivity index (χ1) is 11.3. The fourth-order valence-electron chi connectivity index (χ4n) is 1.67. The summed E-state index contributed by atoms with van der Waals surface area (Å²) in [5.41, 5.74) is 0.510. The SMILES string of the molecule is COc1ccc(/C=C/S(=O)(=O)NC(=O)c2ccc(F)cc2Br)cn1. The molecule has 0 fully saturated rings. The molecule has 0 saturated carbocycles. The van der Waals surface area contributed by atoms with E-state index in [0.29, 0.717) is 11.4 Å². The molecule has 0 aliphatic carbocycles. The van der Waals surface area contributed by atoms with Gasteiger partial charge in [0, 0.05) is 16.7 Å². The normalized spacial score (nSPS) is 11.5. The Labute approximate surface area is 146 Å². The molecule has 24 heavy (non-hydrogen) atoms. The summed E-state index contributed by atoms with van der Waals surface area (Å²) in [7, 11) is -2.56. The number of carbonyl (C=O) groups excluding carboxylic acids is 1. The van der Waals surface area contributed by atoms with Gasteiger partial charge in [-0.1, -0.05) is 0 Å². The van der Waals surface area contributed by atoms with Gasteiger partial charge < -0.3 is 4.74 Å². The molecule has 6 nitrogen and oxygen atoms in total. The van der Waals surface area contributed by atoms with E-state index >= 15 is 0 Å². The van der Waals surface area contributed by atoms with Crippen molar-refractivity contribution in [3.8, 4) is 5.88 Å². The minimum Gasteiger partial charge on any atom is -0.481 e. The lowest BCUT2D eigenvalue weighted by Crippen LogP contribution is -2.29. The number of hydrogen-bond donors (Lipinski definition) is 1. The molecular weight excluding hydrogens is 403 g/mol. The lowest BCUT2D eigenvalue weighted by atomic mass is 10.2. The second-order valence-electron chi connectivity index (χ2n) is 4.54. The fraction of sp³-hybridized carbons (Fsp3) is 0.0667. The Bertz CT molecular complexity index is 883. The van der Waals surface area contributed by atoms with Gasteiger partial charge in [-0.3, -0.25) is 4.79 Å². The Morgan fingerprint density at radius 1 is 1.33 bits per heavy atom. The van der Waals surface area contributed by atoms with Crippen LogP contribution in [0, 0.1) is 5.82 Å². The highest BCUT2D eigenvalue weighted by Gasteiger charge is 2.16. The highest BCUT2D eigenvalue weighted by Crippen LogP contribution is 2.18. The van der Waals surface area contributed by atoms with Gasteiger partial charge in [-0.25, -0.2) is 22.5 Å². The first kappa shape index (κ1) is 18.1. The third-order valence-corrected chi connectivity index (χ3v) is 4.44. The van der Waals surface area contributed by atoms with Crippen LogP contribution < -0.4 is 9.46 Å². The molecule has 1 N–H and O–H groups in total. The summed E-state index contributed by atoms with van der Waals surface area (Å²) in [6, 6.07) is 6.49. The lowest BCUT2D eigenvalue weighted by Gasteiger charge is -2.05. The zero-order valence-electron chi connectivity index (χ0n) is 12.4. The van der Waals surface area contributed by atoms with Gasteiger partial charge in [-0.2, -0.15) is 0 Å². The summed E-state index contributed by atoms with van der Waals surface area (Å²) in [5.74, 6) is -1.03. The summed E-state index contributed by atoms with van der Waals surface area (Å²) in [4.78, 5) is 15.9. The number of nitrogens with zero attached hydrogens (tertiary/aromatic N) is 1. The molecule has 0 spiro atoms. The molecule has 1 amide bonds. The largest absolute Gasteiger partial charge is 0.481 e. The monoisotopic (exact) mass is 414 g/mol. The number of rotatable bonds is 5. The van der Waals surface area contributed by atoms with E-state index in [2.05, 4.69) is 20.9 Å². The summed E-state index contributed by atoms with van der Waals surface area (Å²) >= 11 is 3.01. The second kappa shape index (κ2) is 7.54. The number of benzene rings is 1. The highest BCUT2D eigenvalue weighted by molar-refractivity contribution is 9.10. The van der Waals surface area contributed by atoms with Crippen molar-refractivity contribution in [2.45, 2.75) is 0 Å². The third-order valence-electron chi connectivity index (χ3n) is 2.82. The van der Waals surface area contributed by atoms with Crippen molar-refractivity contribution in [3.63, 3.8) is 0 Å². The molecule has 0 aliphatic heterocycles. The van der Waals surface area contributed by atoms with E-state index in [-0.39, 0.29) is 10.0 Å². The number of methoxy groups -OCH3 is 1. The van der Waals surface area contributed by atoms with Gasteiger partial charge in [-0.05, 0) is 51.8 Å². The molecule has 0 unspecified atom stereocenters. The minimum absolute atomic E-state index is 0.000473. The van der Waals surface area contributed by atoms with Crippen LogP contribution in [0.1, 0.15) is 15.9 Å². The average molecular weight is 415 g/mol. The summed E-state index contributed by atoms with van der Waals surface area (Å²) < 4.78 is 43.8. The molecule has 0 aliphatic rings. The van der Waals surface area contributed by atoms with E-state index < -0.39 is 21.7 Å². The predicted molar refractivity (Wildman–Crippen MR) is 90.3 cm³/mol. The summed E-state index contributed by atoms with van der Waals surface area (Å²) in [5, 5.41) is 0.839. The van der Waals surface area contributed by atoms with E-state index in [9.17, 15) is 17.6 Å². The minimum atomic E-state index is -4.02. The molecule has 1 aromatic heterocycles. The van der Waals surface area contributed by atoms with Gasteiger partial charge in [0.2, 0.25) is 5.88 Å². The Kier molecular flexibility index (Phi) is 5.68. The van der Waals surface area contributed by atoms with E-state index in [4.69, 9.17) is 4.74 Å². The second-order valence-corrected chi connectivity index (χ2v) is 6.96. The van der Waals surface area contributed by atoms with Crippen LogP contribution >= 0.6 is 15.9 Å². The quantitative estimate of drug-likeness (QED) is 0.812. The average Bonchev–Trinajstić information content (AvgIpc) is 2.53. The van der Waals surface area contributed by atoms with Crippen LogP contribution in [0.25, 0.3) is 6.08 Å². The Hall–Kier alpha value is -2.26. The summed E-state index contributed by atoms with van der Waals surface area (Å²) in [6.45, 7) is 0. The molecular formula is C15H12BrFN2O4S. The number of pyridine rings is 1. The zero-order chi connectivity index (χ0) is 17.7. The van der Waals surface area contributed by atoms with E-state index in [0.717, 1.165) is 17.5 Å². The molecule has 0 bridgehead atoms. The van der Waals surface area contributed by atoms with Gasteiger partial charge in [0.1, 0.15) is 5.82 Å². The van der Waals surface area contributed by atoms with Gasteiger partial charge in [0.05, 0.1) is 18.1 Å². The molecule has 0 radical (unpaired) electrons. The molecule has 126 valence electrons. The number of aromatic nitrogens is 1. The zero-order valence-corrected chi connectivity index (χ0v) is 14.8.